The molecule has 1 saturated heterocycles. The Bertz CT molecular complexity index is 533. The summed E-state index contributed by atoms with van der Waals surface area (Å²) >= 11 is 0. The van der Waals surface area contributed by atoms with Gasteiger partial charge in [0.15, 0.2) is 0 Å². The van der Waals surface area contributed by atoms with E-state index in [1.165, 1.54) is 31.7 Å². The molecule has 0 saturated carbocycles. The van der Waals surface area contributed by atoms with E-state index in [0.29, 0.717) is 5.82 Å². The van der Waals surface area contributed by atoms with Crippen LogP contribution in [0.25, 0.3) is 0 Å². The van der Waals surface area contributed by atoms with Crippen molar-refractivity contribution in [1.82, 2.24) is 9.88 Å². The quantitative estimate of drug-likeness (QED) is 0.659. The third kappa shape index (κ3) is 4.39. The van der Waals surface area contributed by atoms with E-state index in [9.17, 15) is 10.1 Å². The van der Waals surface area contributed by atoms with Gasteiger partial charge in [0.1, 0.15) is 11.9 Å². The van der Waals surface area contributed by atoms with Crippen LogP contribution in [0.2, 0.25) is 0 Å². The van der Waals surface area contributed by atoms with Gasteiger partial charge in [-0.25, -0.2) is 4.98 Å². The van der Waals surface area contributed by atoms with Crippen molar-refractivity contribution >= 4 is 11.5 Å². The summed E-state index contributed by atoms with van der Waals surface area (Å²) in [6, 6.07) is 4.62. The molecule has 21 heavy (non-hydrogen) atoms. The van der Waals surface area contributed by atoms with Crippen molar-refractivity contribution in [3.8, 4) is 6.07 Å². The lowest BCUT2D eigenvalue weighted by molar-refractivity contribution is -0.385. The van der Waals surface area contributed by atoms with Crippen molar-refractivity contribution in [2.24, 2.45) is 0 Å². The highest BCUT2D eigenvalue weighted by atomic mass is 16.6. The summed E-state index contributed by atoms with van der Waals surface area (Å²) in [6.45, 7) is 3.88. The molecule has 1 aliphatic rings. The number of hydrogen-bond donors (Lipinski definition) is 1. The summed E-state index contributed by atoms with van der Waals surface area (Å²) in [4.78, 5) is 16.5. The molecule has 1 N–H and O–H groups in total. The molecule has 1 aromatic heterocycles. The lowest BCUT2D eigenvalue weighted by Gasteiger charge is -2.19. The van der Waals surface area contributed by atoms with Gasteiger partial charge in [-0.3, -0.25) is 10.1 Å². The van der Waals surface area contributed by atoms with Gasteiger partial charge in [-0.1, -0.05) is 12.8 Å². The summed E-state index contributed by atoms with van der Waals surface area (Å²) in [5.74, 6) is 0.506. The van der Waals surface area contributed by atoms with Crippen LogP contribution in [0.15, 0.2) is 12.1 Å². The molecule has 2 rings (SSSR count). The fourth-order valence-corrected chi connectivity index (χ4v) is 2.48. The molecule has 2 heterocycles. The smallest absolute Gasteiger partial charge is 0.305 e. The van der Waals surface area contributed by atoms with E-state index in [0.717, 1.165) is 26.2 Å². The van der Waals surface area contributed by atoms with E-state index in [1.54, 1.807) is 12.1 Å². The average molecular weight is 289 g/mol. The summed E-state index contributed by atoms with van der Waals surface area (Å²) in [6.07, 6.45) is 5.10. The normalized spacial score (nSPS) is 16.0. The average Bonchev–Trinajstić information content (AvgIpc) is 2.75. The lowest BCUT2D eigenvalue weighted by Crippen LogP contribution is -2.30. The lowest BCUT2D eigenvalue weighted by atomic mass is 10.2. The van der Waals surface area contributed by atoms with Gasteiger partial charge in [-0.2, -0.15) is 5.26 Å². The number of anilines is 1. The van der Waals surface area contributed by atoms with Gasteiger partial charge in [0, 0.05) is 19.2 Å². The van der Waals surface area contributed by atoms with E-state index < -0.39 is 4.92 Å². The molecule has 112 valence electrons. The number of likely N-dealkylation sites (tertiary alicyclic amines) is 1. The Morgan fingerprint density at radius 2 is 2.05 bits per heavy atom. The maximum Gasteiger partial charge on any atom is 0.305 e. The van der Waals surface area contributed by atoms with Gasteiger partial charge < -0.3 is 10.2 Å². The van der Waals surface area contributed by atoms with Gasteiger partial charge in [0.25, 0.3) is 0 Å². The van der Waals surface area contributed by atoms with E-state index in [2.05, 4.69) is 15.2 Å². The third-order valence-corrected chi connectivity index (χ3v) is 3.61. The van der Waals surface area contributed by atoms with Crippen molar-refractivity contribution in [3.63, 3.8) is 0 Å². The number of nitrogens with zero attached hydrogens (tertiary/aromatic N) is 4. The van der Waals surface area contributed by atoms with Crippen LogP contribution in [0.1, 0.15) is 31.4 Å². The van der Waals surface area contributed by atoms with Gasteiger partial charge in [0.2, 0.25) is 5.69 Å². The Hall–Kier alpha value is -2.20. The molecule has 0 aliphatic carbocycles. The molecule has 0 radical (unpaired) electrons. The molecule has 0 aromatic carbocycles. The zero-order valence-electron chi connectivity index (χ0n) is 11.9. The molecule has 7 nitrogen and oxygen atoms in total. The summed E-state index contributed by atoms with van der Waals surface area (Å²) < 4.78 is 0. The van der Waals surface area contributed by atoms with E-state index in [4.69, 9.17) is 5.26 Å². The summed E-state index contributed by atoms with van der Waals surface area (Å²) in [5.41, 5.74) is -0.407. The van der Waals surface area contributed by atoms with Crippen molar-refractivity contribution in [1.29, 1.82) is 5.26 Å². The Balaban J connectivity index is 1.88. The fraction of sp³-hybridized carbons (Fsp3) is 0.571. The predicted octanol–water partition coefficient (Wildman–Crippen LogP) is 2.15. The largest absolute Gasteiger partial charge is 0.369 e. The van der Waals surface area contributed by atoms with Crippen LogP contribution in [-0.4, -0.2) is 41.0 Å². The minimum absolute atomic E-state index is 0.153. The monoisotopic (exact) mass is 289 g/mol. The zero-order chi connectivity index (χ0) is 15.1. The minimum Gasteiger partial charge on any atom is -0.369 e. The number of nitriles is 1. The Labute approximate surface area is 123 Å². The maximum atomic E-state index is 10.7. The van der Waals surface area contributed by atoms with E-state index in [1.807, 2.05) is 0 Å². The van der Waals surface area contributed by atoms with Gasteiger partial charge in [-0.05, 0) is 32.0 Å². The standard InChI is InChI=1S/C14H19N5O2/c15-11-12-13(19(20)21)5-6-14(17-12)16-7-10-18-8-3-1-2-4-9-18/h5-6H,1-4,7-10H2,(H,16,17). The summed E-state index contributed by atoms with van der Waals surface area (Å²) in [5, 5.41) is 22.8. The Morgan fingerprint density at radius 1 is 1.33 bits per heavy atom. The highest BCUT2D eigenvalue weighted by Crippen LogP contribution is 2.18. The zero-order valence-corrected chi connectivity index (χ0v) is 11.9. The Morgan fingerprint density at radius 3 is 2.67 bits per heavy atom. The molecule has 1 fully saturated rings. The molecule has 1 aromatic rings. The second-order valence-corrected chi connectivity index (χ2v) is 5.12. The molecule has 0 bridgehead atoms. The van der Waals surface area contributed by atoms with E-state index in [-0.39, 0.29) is 11.4 Å². The van der Waals surface area contributed by atoms with Crippen LogP contribution in [0.4, 0.5) is 11.5 Å². The second-order valence-electron chi connectivity index (χ2n) is 5.12. The predicted molar refractivity (Wildman–Crippen MR) is 79.0 cm³/mol. The number of aromatic nitrogens is 1. The van der Waals surface area contributed by atoms with Crippen molar-refractivity contribution in [2.45, 2.75) is 25.7 Å². The second kappa shape index (κ2) is 7.55. The van der Waals surface area contributed by atoms with Crippen LogP contribution >= 0.6 is 0 Å². The Kier molecular flexibility index (Phi) is 5.46. The van der Waals surface area contributed by atoms with Crippen molar-refractivity contribution < 1.29 is 4.92 Å². The SMILES string of the molecule is N#Cc1nc(NCCN2CCCCCC2)ccc1[N+](=O)[O-]. The molecule has 0 amide bonds. The fourth-order valence-electron chi connectivity index (χ4n) is 2.48. The van der Waals surface area contributed by atoms with Crippen molar-refractivity contribution in [2.75, 3.05) is 31.5 Å². The molecular weight excluding hydrogens is 270 g/mol. The third-order valence-electron chi connectivity index (χ3n) is 3.61. The number of nitro groups is 1. The molecular formula is C14H19N5O2. The molecule has 1 aliphatic heterocycles. The molecule has 0 atom stereocenters. The van der Waals surface area contributed by atoms with Crippen LogP contribution in [0.5, 0.6) is 0 Å². The molecule has 7 heteroatoms. The number of nitrogens with one attached hydrogen (secondary N) is 1. The maximum absolute atomic E-state index is 10.7. The minimum atomic E-state index is -0.591. The highest BCUT2D eigenvalue weighted by Gasteiger charge is 2.15. The molecule has 0 spiro atoms. The first-order valence-corrected chi connectivity index (χ1v) is 7.22. The first kappa shape index (κ1) is 15.2. The first-order chi connectivity index (χ1) is 10.2. The number of pyridine rings is 1. The van der Waals surface area contributed by atoms with Gasteiger partial charge in [-0.15, -0.1) is 0 Å². The number of hydrogen-bond acceptors (Lipinski definition) is 6. The highest BCUT2D eigenvalue weighted by molar-refractivity contribution is 5.50. The van der Waals surface area contributed by atoms with Gasteiger partial charge >= 0.3 is 5.69 Å². The summed E-state index contributed by atoms with van der Waals surface area (Å²) in [7, 11) is 0. The van der Waals surface area contributed by atoms with Crippen LogP contribution in [0.3, 0.4) is 0 Å². The topological polar surface area (TPSA) is 95.1 Å². The van der Waals surface area contributed by atoms with Crippen LogP contribution in [-0.2, 0) is 0 Å². The number of rotatable bonds is 5. The van der Waals surface area contributed by atoms with E-state index >= 15 is 0 Å². The first-order valence-electron chi connectivity index (χ1n) is 7.22. The molecule has 0 unspecified atom stereocenters. The van der Waals surface area contributed by atoms with Crippen molar-refractivity contribution in [3.05, 3.63) is 27.9 Å². The van der Waals surface area contributed by atoms with Crippen LogP contribution < -0.4 is 5.32 Å². The van der Waals surface area contributed by atoms with Crippen LogP contribution in [0, 0.1) is 21.4 Å². The van der Waals surface area contributed by atoms with Gasteiger partial charge in [0.05, 0.1) is 4.92 Å².